The number of aliphatic carboxylic acids is 1. The second kappa shape index (κ2) is 7.51. The van der Waals surface area contributed by atoms with Crippen molar-refractivity contribution in [3.05, 3.63) is 35.5 Å². The van der Waals surface area contributed by atoms with E-state index in [1.54, 1.807) is 11.0 Å². The third kappa shape index (κ3) is 3.95. The summed E-state index contributed by atoms with van der Waals surface area (Å²) >= 11 is 0. The summed E-state index contributed by atoms with van der Waals surface area (Å²) in [4.78, 5) is 26.4. The van der Waals surface area contributed by atoms with Crippen LogP contribution in [0.4, 0.5) is 0 Å². The summed E-state index contributed by atoms with van der Waals surface area (Å²) < 4.78 is 5.92. The molecule has 0 unspecified atom stereocenters. The van der Waals surface area contributed by atoms with Crippen LogP contribution in [0.15, 0.2) is 35.5 Å². The molecule has 0 aliphatic carbocycles. The van der Waals surface area contributed by atoms with E-state index < -0.39 is 29.5 Å². The highest BCUT2D eigenvalue weighted by Gasteiger charge is 2.65. The van der Waals surface area contributed by atoms with Crippen molar-refractivity contribution in [3.8, 4) is 0 Å². The molecule has 28 heavy (non-hydrogen) atoms. The molecule has 0 radical (unpaired) electrons. The first-order chi connectivity index (χ1) is 13.0. The lowest BCUT2D eigenvalue weighted by molar-refractivity contribution is -0.313. The molecule has 1 spiro atoms. The molecule has 3 heterocycles. The van der Waals surface area contributed by atoms with Gasteiger partial charge in [-0.1, -0.05) is 49.3 Å². The number of carboxylic acid groups (broad SMARTS) is 1. The highest BCUT2D eigenvalue weighted by molar-refractivity contribution is 5.90. The Balaban J connectivity index is 1.62. The lowest BCUT2D eigenvalue weighted by atomic mass is 9.77. The molecule has 3 rings (SSSR count). The number of carbonyl (C=O) groups is 2. The smallest absolute Gasteiger partial charge is 0.229 e. The number of likely N-dealkylation sites (tertiary alicyclic amines) is 1. The van der Waals surface area contributed by atoms with Gasteiger partial charge in [0.25, 0.3) is 0 Å². The Morgan fingerprint density at radius 1 is 1.36 bits per heavy atom. The highest BCUT2D eigenvalue weighted by Crippen LogP contribution is 2.52. The van der Waals surface area contributed by atoms with Crippen LogP contribution in [0, 0.1) is 17.3 Å². The summed E-state index contributed by atoms with van der Waals surface area (Å²) in [6, 6.07) is 0. The Labute approximate surface area is 168 Å². The molecule has 0 aromatic carbocycles. The van der Waals surface area contributed by atoms with Gasteiger partial charge in [0.2, 0.25) is 5.91 Å². The maximum Gasteiger partial charge on any atom is 0.229 e. The average molecular weight is 387 g/mol. The summed E-state index contributed by atoms with van der Waals surface area (Å²) in [5.74, 6) is -2.82. The third-order valence-corrected chi connectivity index (χ3v) is 6.16. The van der Waals surface area contributed by atoms with Gasteiger partial charge < -0.3 is 19.5 Å². The monoisotopic (exact) mass is 386 g/mol. The minimum Gasteiger partial charge on any atom is -0.550 e. The maximum absolute atomic E-state index is 13.0. The summed E-state index contributed by atoms with van der Waals surface area (Å²) in [7, 11) is 0. The van der Waals surface area contributed by atoms with Gasteiger partial charge in [0.15, 0.2) is 0 Å². The fourth-order valence-corrected chi connectivity index (χ4v) is 4.70. The van der Waals surface area contributed by atoms with E-state index in [2.05, 4.69) is 46.8 Å². The van der Waals surface area contributed by atoms with E-state index >= 15 is 0 Å². The highest BCUT2D eigenvalue weighted by atomic mass is 16.5. The summed E-state index contributed by atoms with van der Waals surface area (Å²) in [6.07, 6.45) is 10.6. The van der Waals surface area contributed by atoms with Crippen LogP contribution in [0.25, 0.3) is 0 Å². The van der Waals surface area contributed by atoms with Crippen molar-refractivity contribution >= 4 is 11.9 Å². The van der Waals surface area contributed by atoms with E-state index in [1.807, 2.05) is 6.08 Å². The van der Waals surface area contributed by atoms with Crippen LogP contribution < -0.4 is 5.11 Å². The molecule has 2 bridgehead atoms. The van der Waals surface area contributed by atoms with Crippen LogP contribution in [0.1, 0.15) is 53.9 Å². The van der Waals surface area contributed by atoms with Crippen LogP contribution in [0.3, 0.4) is 0 Å². The molecule has 2 saturated heterocycles. The number of ether oxygens (including phenoxy) is 1. The quantitative estimate of drug-likeness (QED) is 0.601. The number of carbonyl (C=O) groups excluding carboxylic acids is 2. The average Bonchev–Trinajstić information content (AvgIpc) is 3.21. The van der Waals surface area contributed by atoms with E-state index in [1.165, 1.54) is 11.1 Å². The minimum atomic E-state index is -1.19. The van der Waals surface area contributed by atoms with E-state index in [4.69, 9.17) is 4.74 Å². The Hall–Kier alpha value is -1.88. The molecule has 4 atom stereocenters. The molecular formula is C23H32NO4-. The first-order valence-corrected chi connectivity index (χ1v) is 10.2. The minimum absolute atomic E-state index is 0.0958. The zero-order chi connectivity index (χ0) is 20.7. The molecule has 3 aliphatic rings. The van der Waals surface area contributed by atoms with Crippen molar-refractivity contribution in [2.24, 2.45) is 17.3 Å². The van der Waals surface area contributed by atoms with Gasteiger partial charge in [-0.2, -0.15) is 0 Å². The Morgan fingerprint density at radius 2 is 2.07 bits per heavy atom. The van der Waals surface area contributed by atoms with Gasteiger partial charge >= 0.3 is 0 Å². The molecular weight excluding hydrogens is 354 g/mol. The van der Waals surface area contributed by atoms with Crippen LogP contribution in [-0.2, 0) is 14.3 Å². The van der Waals surface area contributed by atoms with E-state index in [0.29, 0.717) is 13.1 Å². The number of allylic oxidation sites excluding steroid dienone is 4. The molecule has 0 N–H and O–H groups in total. The van der Waals surface area contributed by atoms with Gasteiger partial charge in [-0.3, -0.25) is 4.79 Å². The van der Waals surface area contributed by atoms with Gasteiger partial charge in [-0.25, -0.2) is 0 Å². The zero-order valence-electron chi connectivity index (χ0n) is 17.7. The molecule has 154 valence electrons. The van der Waals surface area contributed by atoms with Crippen LogP contribution in [0.5, 0.6) is 0 Å². The number of hydrogen-bond donors (Lipinski definition) is 0. The number of fused-ring (bicyclic) bond motifs is 1. The second-order valence-electron chi connectivity index (χ2n) is 9.65. The predicted octanol–water partition coefficient (Wildman–Crippen LogP) is 2.63. The SMILES string of the molecule is CC(C)=CCC/C(C)=C/CC(C)(C)CN1C[C@@]23C=C[C@H](O2)[C@H](C(=O)[O-])[C@H]3C1=O. The van der Waals surface area contributed by atoms with Crippen molar-refractivity contribution < 1.29 is 19.4 Å². The van der Waals surface area contributed by atoms with Gasteiger partial charge in [0.1, 0.15) is 5.60 Å². The number of amides is 1. The number of hydrogen-bond acceptors (Lipinski definition) is 4. The molecule has 3 aliphatic heterocycles. The van der Waals surface area contributed by atoms with Crippen LogP contribution >= 0.6 is 0 Å². The topological polar surface area (TPSA) is 69.7 Å². The molecule has 5 nitrogen and oxygen atoms in total. The van der Waals surface area contributed by atoms with Gasteiger partial charge in [0, 0.05) is 18.4 Å². The van der Waals surface area contributed by atoms with E-state index in [9.17, 15) is 14.7 Å². The lowest BCUT2D eigenvalue weighted by Crippen LogP contribution is -2.45. The summed E-state index contributed by atoms with van der Waals surface area (Å²) in [5.41, 5.74) is 1.82. The largest absolute Gasteiger partial charge is 0.550 e. The molecule has 0 aromatic heterocycles. The van der Waals surface area contributed by atoms with Crippen molar-refractivity contribution in [2.75, 3.05) is 13.1 Å². The molecule has 5 heteroatoms. The van der Waals surface area contributed by atoms with Crippen molar-refractivity contribution in [2.45, 2.75) is 65.6 Å². The van der Waals surface area contributed by atoms with Gasteiger partial charge in [0.05, 0.1) is 18.6 Å². The van der Waals surface area contributed by atoms with Crippen molar-refractivity contribution in [1.82, 2.24) is 4.90 Å². The molecule has 1 amide bonds. The fourth-order valence-electron chi connectivity index (χ4n) is 4.70. The van der Waals surface area contributed by atoms with Crippen molar-refractivity contribution in [1.29, 1.82) is 0 Å². The summed E-state index contributed by atoms with van der Waals surface area (Å²) in [5, 5.41) is 11.6. The van der Waals surface area contributed by atoms with Crippen molar-refractivity contribution in [3.63, 3.8) is 0 Å². The number of rotatable bonds is 8. The fraction of sp³-hybridized carbons (Fsp3) is 0.652. The lowest BCUT2D eigenvalue weighted by Gasteiger charge is -2.31. The van der Waals surface area contributed by atoms with E-state index in [0.717, 1.165) is 19.3 Å². The Morgan fingerprint density at radius 3 is 2.71 bits per heavy atom. The zero-order valence-corrected chi connectivity index (χ0v) is 17.7. The normalized spacial score (nSPS) is 31.5. The first kappa shape index (κ1) is 20.8. The molecule has 2 fully saturated rings. The number of nitrogens with zero attached hydrogens (tertiary/aromatic N) is 1. The molecule has 0 saturated carbocycles. The maximum atomic E-state index is 13.0. The van der Waals surface area contributed by atoms with Gasteiger partial charge in [-0.15, -0.1) is 0 Å². The predicted molar refractivity (Wildman–Crippen MR) is 106 cm³/mol. The van der Waals surface area contributed by atoms with E-state index in [-0.39, 0.29) is 11.3 Å². The summed E-state index contributed by atoms with van der Waals surface area (Å²) in [6.45, 7) is 11.7. The second-order valence-corrected chi connectivity index (χ2v) is 9.65. The Kier molecular flexibility index (Phi) is 5.59. The Bertz CT molecular complexity index is 744. The third-order valence-electron chi connectivity index (χ3n) is 6.16. The first-order valence-electron chi connectivity index (χ1n) is 10.2. The van der Waals surface area contributed by atoms with Gasteiger partial charge in [-0.05, 0) is 45.4 Å². The standard InChI is InChI=1S/C23H33NO4/c1-15(2)7-6-8-16(3)9-11-22(4,5)13-24-14-23-12-10-17(28-23)18(21(26)27)19(23)20(24)25/h7,9-10,12,17-19H,6,8,11,13-14H2,1-5H3,(H,26,27)/p-1/b16-9+/t17-,18-,19-,23+/m0/s1. The number of carboxylic acids is 1. The molecule has 0 aromatic rings. The van der Waals surface area contributed by atoms with Crippen LogP contribution in [0.2, 0.25) is 0 Å². The van der Waals surface area contributed by atoms with Crippen LogP contribution in [-0.4, -0.2) is 41.6 Å².